The van der Waals surface area contributed by atoms with E-state index in [1.807, 2.05) is 12.1 Å². The molecule has 1 unspecified atom stereocenters. The average Bonchev–Trinajstić information content (AvgIpc) is 2.97. The molecule has 0 bridgehead atoms. The zero-order valence-electron chi connectivity index (χ0n) is 11.4. The Labute approximate surface area is 113 Å². The predicted octanol–water partition coefficient (Wildman–Crippen LogP) is 2.83. The monoisotopic (exact) mass is 256 g/mol. The summed E-state index contributed by atoms with van der Waals surface area (Å²) >= 11 is 0. The highest BCUT2D eigenvalue weighted by Crippen LogP contribution is 2.18. The largest absolute Gasteiger partial charge is 0.383 e. The van der Waals surface area contributed by atoms with E-state index in [2.05, 4.69) is 40.9 Å². The van der Waals surface area contributed by atoms with E-state index in [0.29, 0.717) is 18.3 Å². The second-order valence-electron chi connectivity index (χ2n) is 4.67. The second-order valence-corrected chi connectivity index (χ2v) is 4.67. The van der Waals surface area contributed by atoms with Crippen molar-refractivity contribution < 1.29 is 0 Å². The quantitative estimate of drug-likeness (QED) is 0.638. The highest BCUT2D eigenvalue weighted by molar-refractivity contribution is 5.97. The van der Waals surface area contributed by atoms with Crippen LogP contribution in [0, 0.1) is 0 Å². The molecule has 1 atom stereocenters. The maximum atomic E-state index is 5.98. The SMILES string of the molecule is CCC(C)c1ccc(C(N)=NCc2ncc[nH]2)cc1. The van der Waals surface area contributed by atoms with Crippen LogP contribution < -0.4 is 5.73 Å². The fourth-order valence-electron chi connectivity index (χ4n) is 1.85. The van der Waals surface area contributed by atoms with Crippen LogP contribution in [0.5, 0.6) is 0 Å². The van der Waals surface area contributed by atoms with Gasteiger partial charge in [-0.25, -0.2) is 4.98 Å². The molecule has 0 aliphatic rings. The number of aliphatic imine (C=N–C) groups is 1. The molecule has 3 N–H and O–H groups in total. The number of benzene rings is 1. The van der Waals surface area contributed by atoms with E-state index < -0.39 is 0 Å². The molecule has 0 saturated heterocycles. The molecule has 100 valence electrons. The number of hydrogen-bond acceptors (Lipinski definition) is 2. The Morgan fingerprint density at radius 1 is 1.37 bits per heavy atom. The average molecular weight is 256 g/mol. The molecular formula is C15H20N4. The Bertz CT molecular complexity index is 526. The summed E-state index contributed by atoms with van der Waals surface area (Å²) in [6.07, 6.45) is 4.63. The molecule has 0 aliphatic heterocycles. The van der Waals surface area contributed by atoms with Crippen LogP contribution >= 0.6 is 0 Å². The number of rotatable bonds is 5. The summed E-state index contributed by atoms with van der Waals surface area (Å²) in [4.78, 5) is 11.4. The smallest absolute Gasteiger partial charge is 0.127 e. The molecule has 0 saturated carbocycles. The molecule has 4 heteroatoms. The number of nitrogens with one attached hydrogen (secondary N) is 1. The number of nitrogens with two attached hydrogens (primary N) is 1. The van der Waals surface area contributed by atoms with Crippen LogP contribution in [-0.2, 0) is 6.54 Å². The number of aromatic amines is 1. The molecule has 0 fully saturated rings. The first-order chi connectivity index (χ1) is 9.20. The molecule has 2 aromatic rings. The minimum atomic E-state index is 0.478. The zero-order valence-corrected chi connectivity index (χ0v) is 11.4. The maximum absolute atomic E-state index is 5.98. The van der Waals surface area contributed by atoms with Gasteiger partial charge in [0.1, 0.15) is 11.7 Å². The molecule has 0 spiro atoms. The number of imidazole rings is 1. The van der Waals surface area contributed by atoms with E-state index in [4.69, 9.17) is 5.73 Å². The first-order valence-corrected chi connectivity index (χ1v) is 6.59. The molecule has 19 heavy (non-hydrogen) atoms. The summed E-state index contributed by atoms with van der Waals surface area (Å²) in [7, 11) is 0. The van der Waals surface area contributed by atoms with Crippen molar-refractivity contribution in [3.8, 4) is 0 Å². The number of hydrogen-bond donors (Lipinski definition) is 2. The summed E-state index contributed by atoms with van der Waals surface area (Å²) in [5.74, 6) is 1.95. The van der Waals surface area contributed by atoms with Gasteiger partial charge in [-0.1, -0.05) is 38.1 Å². The van der Waals surface area contributed by atoms with Crippen LogP contribution in [0.25, 0.3) is 0 Å². The van der Waals surface area contributed by atoms with Gasteiger partial charge in [0, 0.05) is 18.0 Å². The van der Waals surface area contributed by atoms with Crippen molar-refractivity contribution in [2.45, 2.75) is 32.7 Å². The number of nitrogens with zero attached hydrogens (tertiary/aromatic N) is 2. The van der Waals surface area contributed by atoms with Gasteiger partial charge >= 0.3 is 0 Å². The molecule has 0 radical (unpaired) electrons. The maximum Gasteiger partial charge on any atom is 0.127 e. The van der Waals surface area contributed by atoms with Gasteiger partial charge in [-0.2, -0.15) is 0 Å². The molecule has 1 aromatic heterocycles. The summed E-state index contributed by atoms with van der Waals surface area (Å²) in [5, 5.41) is 0. The van der Waals surface area contributed by atoms with E-state index in [1.165, 1.54) is 5.56 Å². The predicted molar refractivity (Wildman–Crippen MR) is 78.2 cm³/mol. The van der Waals surface area contributed by atoms with Crippen LogP contribution in [0.4, 0.5) is 0 Å². The molecule has 1 aromatic carbocycles. The lowest BCUT2D eigenvalue weighted by molar-refractivity contribution is 0.733. The van der Waals surface area contributed by atoms with Gasteiger partial charge in [0.05, 0.1) is 6.54 Å². The highest BCUT2D eigenvalue weighted by Gasteiger charge is 2.04. The summed E-state index contributed by atoms with van der Waals surface area (Å²) in [5.41, 5.74) is 8.27. The second kappa shape index (κ2) is 6.18. The fourth-order valence-corrected chi connectivity index (χ4v) is 1.85. The Kier molecular flexibility index (Phi) is 4.34. The Morgan fingerprint density at radius 2 is 2.11 bits per heavy atom. The fraction of sp³-hybridized carbons (Fsp3) is 0.333. The van der Waals surface area contributed by atoms with Crippen LogP contribution in [0.2, 0.25) is 0 Å². The van der Waals surface area contributed by atoms with Crippen LogP contribution in [0.1, 0.15) is 43.1 Å². The van der Waals surface area contributed by atoms with Gasteiger partial charge < -0.3 is 10.7 Å². The first-order valence-electron chi connectivity index (χ1n) is 6.59. The van der Waals surface area contributed by atoms with Crippen molar-refractivity contribution in [1.82, 2.24) is 9.97 Å². The normalized spacial score (nSPS) is 13.5. The lowest BCUT2D eigenvalue weighted by Crippen LogP contribution is -2.14. The van der Waals surface area contributed by atoms with Crippen molar-refractivity contribution in [3.05, 3.63) is 53.6 Å². The van der Waals surface area contributed by atoms with Crippen LogP contribution in [0.15, 0.2) is 41.7 Å². The van der Waals surface area contributed by atoms with E-state index in [-0.39, 0.29) is 0 Å². The standard InChI is InChI=1S/C15H20N4/c1-3-11(2)12-4-6-13(7-5-12)15(16)19-10-14-17-8-9-18-14/h4-9,11H,3,10H2,1-2H3,(H2,16,19)(H,17,18). The van der Waals surface area contributed by atoms with Crippen molar-refractivity contribution in [2.75, 3.05) is 0 Å². The lowest BCUT2D eigenvalue weighted by atomic mass is 9.97. The number of amidine groups is 1. The number of aromatic nitrogens is 2. The minimum Gasteiger partial charge on any atom is -0.383 e. The van der Waals surface area contributed by atoms with Crippen LogP contribution in [-0.4, -0.2) is 15.8 Å². The molecule has 2 rings (SSSR count). The Balaban J connectivity index is 2.06. The van der Waals surface area contributed by atoms with E-state index in [9.17, 15) is 0 Å². The van der Waals surface area contributed by atoms with Crippen molar-refractivity contribution >= 4 is 5.84 Å². The van der Waals surface area contributed by atoms with Gasteiger partial charge in [-0.15, -0.1) is 0 Å². The minimum absolute atomic E-state index is 0.478. The molecular weight excluding hydrogens is 236 g/mol. The summed E-state index contributed by atoms with van der Waals surface area (Å²) in [6, 6.07) is 8.31. The lowest BCUT2D eigenvalue weighted by Gasteiger charge is -2.09. The number of H-pyrrole nitrogens is 1. The van der Waals surface area contributed by atoms with E-state index in [1.54, 1.807) is 12.4 Å². The van der Waals surface area contributed by atoms with E-state index >= 15 is 0 Å². The van der Waals surface area contributed by atoms with Crippen molar-refractivity contribution in [3.63, 3.8) is 0 Å². The third-order valence-electron chi connectivity index (χ3n) is 3.34. The van der Waals surface area contributed by atoms with E-state index in [0.717, 1.165) is 17.8 Å². The molecule has 0 aliphatic carbocycles. The zero-order chi connectivity index (χ0) is 13.7. The summed E-state index contributed by atoms with van der Waals surface area (Å²) in [6.45, 7) is 4.90. The first kappa shape index (κ1) is 13.3. The molecule has 0 amide bonds. The highest BCUT2D eigenvalue weighted by atomic mass is 15.0. The van der Waals surface area contributed by atoms with Crippen LogP contribution in [0.3, 0.4) is 0 Å². The topological polar surface area (TPSA) is 67.1 Å². The van der Waals surface area contributed by atoms with Gasteiger partial charge in [0.15, 0.2) is 0 Å². The Morgan fingerprint density at radius 3 is 2.68 bits per heavy atom. The Hall–Kier alpha value is -2.10. The van der Waals surface area contributed by atoms with Gasteiger partial charge in [-0.05, 0) is 17.9 Å². The molecule has 1 heterocycles. The third kappa shape index (κ3) is 3.44. The summed E-state index contributed by atoms with van der Waals surface area (Å²) < 4.78 is 0. The van der Waals surface area contributed by atoms with Gasteiger partial charge in [0.25, 0.3) is 0 Å². The van der Waals surface area contributed by atoms with Crippen molar-refractivity contribution in [1.29, 1.82) is 0 Å². The molecule has 4 nitrogen and oxygen atoms in total. The van der Waals surface area contributed by atoms with Crippen molar-refractivity contribution in [2.24, 2.45) is 10.7 Å². The van der Waals surface area contributed by atoms with Gasteiger partial charge in [0.2, 0.25) is 0 Å². The van der Waals surface area contributed by atoms with Gasteiger partial charge in [-0.3, -0.25) is 4.99 Å². The third-order valence-corrected chi connectivity index (χ3v) is 3.34.